The number of carbonyl (C=O) groups is 1. The highest BCUT2D eigenvalue weighted by Crippen LogP contribution is 2.02. The van der Waals surface area contributed by atoms with Gasteiger partial charge in [0, 0.05) is 6.20 Å². The van der Waals surface area contributed by atoms with E-state index in [-0.39, 0.29) is 5.60 Å². The smallest absolute Gasteiger partial charge is 0.293 e. The normalized spacial score (nSPS) is 9.85. The van der Waals surface area contributed by atoms with E-state index in [1.54, 1.807) is 6.20 Å². The van der Waals surface area contributed by atoms with E-state index in [0.29, 0.717) is 6.47 Å². The maximum Gasteiger partial charge on any atom is 0.293 e. The minimum atomic E-state index is -0.318. The molecule has 13 heavy (non-hydrogen) atoms. The number of hydrogen-bond acceptors (Lipinski definition) is 3. The standard InChI is InChI=1S/C5H10O2.C4H6N2/c1-5(2,3)7-4-6;1-4-2-5-6-3-4/h4H,1-3H3;2-3H,1H3,(H,5,6). The van der Waals surface area contributed by atoms with Crippen LogP contribution in [0.5, 0.6) is 0 Å². The van der Waals surface area contributed by atoms with E-state index in [2.05, 4.69) is 14.9 Å². The maximum absolute atomic E-state index is 9.60. The summed E-state index contributed by atoms with van der Waals surface area (Å²) < 4.78 is 4.55. The van der Waals surface area contributed by atoms with Gasteiger partial charge in [0.05, 0.1) is 6.20 Å². The molecule has 0 amide bonds. The van der Waals surface area contributed by atoms with Gasteiger partial charge >= 0.3 is 0 Å². The van der Waals surface area contributed by atoms with Crippen LogP contribution in [0.3, 0.4) is 0 Å². The quantitative estimate of drug-likeness (QED) is 0.675. The van der Waals surface area contributed by atoms with Gasteiger partial charge in [-0.25, -0.2) is 0 Å². The molecule has 1 aromatic rings. The summed E-state index contributed by atoms with van der Waals surface area (Å²) in [5.74, 6) is 0. The summed E-state index contributed by atoms with van der Waals surface area (Å²) in [6.07, 6.45) is 3.62. The third-order valence-electron chi connectivity index (χ3n) is 1.04. The molecule has 1 heterocycles. The van der Waals surface area contributed by atoms with Gasteiger partial charge in [-0.3, -0.25) is 9.89 Å². The first-order chi connectivity index (χ1) is 5.95. The lowest BCUT2D eigenvalue weighted by molar-refractivity contribution is -0.138. The molecule has 0 saturated heterocycles. The predicted octanol–water partition coefficient (Wildman–Crippen LogP) is 1.68. The maximum atomic E-state index is 9.60. The number of nitrogens with zero attached hydrogens (tertiary/aromatic N) is 1. The molecular weight excluding hydrogens is 168 g/mol. The average molecular weight is 184 g/mol. The molecule has 4 heteroatoms. The van der Waals surface area contributed by atoms with Gasteiger partial charge < -0.3 is 4.74 Å². The molecule has 0 aliphatic carbocycles. The highest BCUT2D eigenvalue weighted by atomic mass is 16.5. The highest BCUT2D eigenvalue weighted by molar-refractivity contribution is 5.37. The van der Waals surface area contributed by atoms with Crippen molar-refractivity contribution in [1.82, 2.24) is 10.2 Å². The lowest BCUT2D eigenvalue weighted by atomic mass is 10.2. The van der Waals surface area contributed by atoms with Crippen molar-refractivity contribution in [3.05, 3.63) is 18.0 Å². The van der Waals surface area contributed by atoms with Gasteiger partial charge in [0.15, 0.2) is 0 Å². The molecule has 1 aromatic heterocycles. The minimum Gasteiger partial charge on any atom is -0.462 e. The molecule has 0 spiro atoms. The first kappa shape index (κ1) is 11.7. The van der Waals surface area contributed by atoms with E-state index in [9.17, 15) is 4.79 Å². The monoisotopic (exact) mass is 184 g/mol. The lowest BCUT2D eigenvalue weighted by Gasteiger charge is -2.14. The zero-order valence-corrected chi connectivity index (χ0v) is 8.50. The Morgan fingerprint density at radius 2 is 2.15 bits per heavy atom. The molecule has 4 nitrogen and oxygen atoms in total. The SMILES string of the molecule is CC(C)(C)OC=O.Cc1cn[nH]c1. The Labute approximate surface area is 78.3 Å². The second kappa shape index (κ2) is 5.35. The average Bonchev–Trinajstić information content (AvgIpc) is 2.38. The molecule has 0 radical (unpaired) electrons. The van der Waals surface area contributed by atoms with Crippen LogP contribution in [-0.2, 0) is 9.53 Å². The number of aromatic amines is 1. The molecular formula is C9H16N2O2. The number of hydrogen-bond donors (Lipinski definition) is 1. The lowest BCUT2D eigenvalue weighted by Crippen LogP contribution is -2.17. The van der Waals surface area contributed by atoms with Crippen LogP contribution < -0.4 is 0 Å². The molecule has 0 aliphatic heterocycles. The molecule has 1 rings (SSSR count). The van der Waals surface area contributed by atoms with E-state index < -0.39 is 0 Å². The van der Waals surface area contributed by atoms with Crippen LogP contribution in [0.1, 0.15) is 26.3 Å². The van der Waals surface area contributed by atoms with Crippen molar-refractivity contribution in [3.63, 3.8) is 0 Å². The van der Waals surface area contributed by atoms with E-state index in [1.165, 1.54) is 5.56 Å². The second-order valence-corrected chi connectivity index (χ2v) is 3.60. The van der Waals surface area contributed by atoms with Crippen LogP contribution in [0, 0.1) is 6.92 Å². The second-order valence-electron chi connectivity index (χ2n) is 3.60. The third kappa shape index (κ3) is 8.59. The molecule has 0 aromatic carbocycles. The van der Waals surface area contributed by atoms with Gasteiger partial charge in [-0.05, 0) is 33.3 Å². The Balaban J connectivity index is 0.000000223. The molecule has 74 valence electrons. The summed E-state index contributed by atoms with van der Waals surface area (Å²) in [5.41, 5.74) is 0.858. The summed E-state index contributed by atoms with van der Waals surface area (Å²) >= 11 is 0. The van der Waals surface area contributed by atoms with Crippen molar-refractivity contribution < 1.29 is 9.53 Å². The molecule has 0 aliphatic rings. The summed E-state index contributed by atoms with van der Waals surface area (Å²) in [7, 11) is 0. The number of carbonyl (C=O) groups excluding carboxylic acids is 1. The van der Waals surface area contributed by atoms with Gasteiger partial charge in [-0.2, -0.15) is 5.10 Å². The highest BCUT2D eigenvalue weighted by Gasteiger charge is 2.07. The van der Waals surface area contributed by atoms with Crippen molar-refractivity contribution >= 4 is 6.47 Å². The predicted molar refractivity (Wildman–Crippen MR) is 50.2 cm³/mol. The fraction of sp³-hybridized carbons (Fsp3) is 0.556. The number of aromatic nitrogens is 2. The summed E-state index contributed by atoms with van der Waals surface area (Å²) in [4.78, 5) is 9.60. The fourth-order valence-electron chi connectivity index (χ4n) is 0.460. The third-order valence-corrected chi connectivity index (χ3v) is 1.04. The van der Waals surface area contributed by atoms with Crippen LogP contribution in [-0.4, -0.2) is 22.3 Å². The summed E-state index contributed by atoms with van der Waals surface area (Å²) in [6, 6.07) is 0. The largest absolute Gasteiger partial charge is 0.462 e. The van der Waals surface area contributed by atoms with Crippen molar-refractivity contribution in [3.8, 4) is 0 Å². The van der Waals surface area contributed by atoms with Gasteiger partial charge in [0.1, 0.15) is 5.60 Å². The first-order valence-corrected chi connectivity index (χ1v) is 4.02. The van der Waals surface area contributed by atoms with E-state index in [1.807, 2.05) is 33.9 Å². The zero-order valence-electron chi connectivity index (χ0n) is 8.50. The Morgan fingerprint density at radius 1 is 1.54 bits per heavy atom. The van der Waals surface area contributed by atoms with Crippen molar-refractivity contribution in [1.29, 1.82) is 0 Å². The molecule has 0 atom stereocenters. The molecule has 0 saturated carbocycles. The Hall–Kier alpha value is -1.32. The minimum absolute atomic E-state index is 0.318. The van der Waals surface area contributed by atoms with Gasteiger partial charge in [-0.1, -0.05) is 0 Å². The topological polar surface area (TPSA) is 55.0 Å². The molecule has 1 N–H and O–H groups in total. The molecule has 0 fully saturated rings. The van der Waals surface area contributed by atoms with Crippen LogP contribution in [0.4, 0.5) is 0 Å². The number of aryl methyl sites for hydroxylation is 1. The fourth-order valence-corrected chi connectivity index (χ4v) is 0.460. The first-order valence-electron chi connectivity index (χ1n) is 4.02. The van der Waals surface area contributed by atoms with E-state index in [0.717, 1.165) is 0 Å². The number of nitrogens with one attached hydrogen (secondary N) is 1. The Morgan fingerprint density at radius 3 is 2.23 bits per heavy atom. The van der Waals surface area contributed by atoms with Gasteiger partial charge in [-0.15, -0.1) is 0 Å². The Bertz CT molecular complexity index is 224. The van der Waals surface area contributed by atoms with Crippen LogP contribution >= 0.6 is 0 Å². The number of rotatable bonds is 1. The zero-order chi connectivity index (χ0) is 10.3. The van der Waals surface area contributed by atoms with Crippen molar-refractivity contribution in [2.24, 2.45) is 0 Å². The Kier molecular flexibility index (Phi) is 4.80. The number of ether oxygens (including phenoxy) is 1. The van der Waals surface area contributed by atoms with Gasteiger partial charge in [0.25, 0.3) is 6.47 Å². The van der Waals surface area contributed by atoms with Crippen molar-refractivity contribution in [2.45, 2.75) is 33.3 Å². The van der Waals surface area contributed by atoms with E-state index >= 15 is 0 Å². The number of H-pyrrole nitrogens is 1. The van der Waals surface area contributed by atoms with Crippen LogP contribution in [0.15, 0.2) is 12.4 Å². The molecule has 0 unspecified atom stereocenters. The van der Waals surface area contributed by atoms with Gasteiger partial charge in [0.2, 0.25) is 0 Å². The van der Waals surface area contributed by atoms with Crippen molar-refractivity contribution in [2.75, 3.05) is 0 Å². The van der Waals surface area contributed by atoms with E-state index in [4.69, 9.17) is 0 Å². The molecule has 0 bridgehead atoms. The van der Waals surface area contributed by atoms with Crippen LogP contribution in [0.25, 0.3) is 0 Å². The summed E-state index contributed by atoms with van der Waals surface area (Å²) in [6.45, 7) is 7.91. The summed E-state index contributed by atoms with van der Waals surface area (Å²) in [5, 5.41) is 6.38. The van der Waals surface area contributed by atoms with Crippen LogP contribution in [0.2, 0.25) is 0 Å².